The van der Waals surface area contributed by atoms with Gasteiger partial charge in [0.15, 0.2) is 0 Å². The maximum Gasteiger partial charge on any atom is 0.636 e. The molecule has 84 valence electrons. The van der Waals surface area contributed by atoms with Crippen LogP contribution >= 0.6 is 31.9 Å². The lowest BCUT2D eigenvalue weighted by atomic mass is 10.2. The fraction of sp³-hybridized carbons (Fsp3) is 1.00. The molecule has 0 aromatic heterocycles. The molecule has 0 unspecified atom stereocenters. The average Bonchev–Trinajstić information content (AvgIpc) is 2.19. The Labute approximate surface area is 103 Å². The number of hydrogen-bond donors (Lipinski definition) is 1. The minimum absolute atomic E-state index is 0.547. The van der Waals surface area contributed by atoms with Crippen LogP contribution in [0.15, 0.2) is 0 Å². The van der Waals surface area contributed by atoms with E-state index in [1.165, 1.54) is 0 Å². The van der Waals surface area contributed by atoms with E-state index in [9.17, 15) is 5.02 Å². The van der Waals surface area contributed by atoms with Crippen LogP contribution in [0.3, 0.4) is 0 Å². The van der Waals surface area contributed by atoms with Crippen molar-refractivity contribution in [3.05, 3.63) is 0 Å². The van der Waals surface area contributed by atoms with E-state index in [1.807, 2.05) is 0 Å². The van der Waals surface area contributed by atoms with Gasteiger partial charge in [-0.1, -0.05) is 31.9 Å². The topological polar surface area (TPSA) is 38.7 Å². The van der Waals surface area contributed by atoms with E-state index in [4.69, 9.17) is 9.31 Å². The van der Waals surface area contributed by atoms with Gasteiger partial charge >= 0.3 is 7.32 Å². The largest absolute Gasteiger partial charge is 0.636 e. The van der Waals surface area contributed by atoms with E-state index in [2.05, 4.69) is 31.9 Å². The first kappa shape index (κ1) is 14.9. The first-order valence-electron chi connectivity index (χ1n) is 4.84. The first-order valence-corrected chi connectivity index (χ1v) is 7.08. The molecule has 0 spiro atoms. The van der Waals surface area contributed by atoms with Crippen molar-refractivity contribution in [2.75, 3.05) is 23.9 Å². The van der Waals surface area contributed by atoms with Crippen molar-refractivity contribution in [1.82, 2.24) is 0 Å². The fourth-order valence-corrected chi connectivity index (χ4v) is 1.60. The zero-order valence-electron chi connectivity index (χ0n) is 8.25. The monoisotopic (exact) mass is 330 g/mol. The van der Waals surface area contributed by atoms with Gasteiger partial charge in [-0.25, -0.2) is 0 Å². The van der Waals surface area contributed by atoms with Crippen molar-refractivity contribution in [2.45, 2.75) is 25.7 Å². The Kier molecular flexibility index (Phi) is 12.8. The molecule has 14 heavy (non-hydrogen) atoms. The molecule has 0 saturated carbocycles. The lowest BCUT2D eigenvalue weighted by Gasteiger charge is -2.07. The van der Waals surface area contributed by atoms with Crippen LogP contribution < -0.4 is 0 Å². The van der Waals surface area contributed by atoms with E-state index in [-0.39, 0.29) is 0 Å². The summed E-state index contributed by atoms with van der Waals surface area (Å²) >= 11 is 6.64. The highest BCUT2D eigenvalue weighted by Crippen LogP contribution is 1.98. The third kappa shape index (κ3) is 11.0. The maximum absolute atomic E-state index is 9.18. The van der Waals surface area contributed by atoms with E-state index < -0.39 is 7.32 Å². The molecule has 0 bridgehead atoms. The summed E-state index contributed by atoms with van der Waals surface area (Å²) in [5.41, 5.74) is 0. The van der Waals surface area contributed by atoms with Crippen LogP contribution in [-0.4, -0.2) is 36.2 Å². The summed E-state index contributed by atoms with van der Waals surface area (Å²) in [5.74, 6) is 0. The fourth-order valence-electron chi connectivity index (χ4n) is 0.810. The van der Waals surface area contributed by atoms with Crippen LogP contribution in [-0.2, 0) is 9.31 Å². The summed E-state index contributed by atoms with van der Waals surface area (Å²) in [6, 6.07) is 0. The summed E-state index contributed by atoms with van der Waals surface area (Å²) in [7, 11) is -1.05. The standard InChI is InChI=1S/C8H17BBr2O3/c10-5-1-3-7-13-9(12)14-8-4-2-6-11/h12H,1-8H2. The normalized spacial score (nSPS) is 10.5. The third-order valence-electron chi connectivity index (χ3n) is 1.58. The van der Waals surface area contributed by atoms with Crippen molar-refractivity contribution < 1.29 is 14.3 Å². The minimum atomic E-state index is -1.05. The minimum Gasteiger partial charge on any atom is -0.402 e. The summed E-state index contributed by atoms with van der Waals surface area (Å²) in [4.78, 5) is 0. The molecule has 0 aromatic carbocycles. The average molecular weight is 332 g/mol. The predicted octanol–water partition coefficient (Wildman–Crippen LogP) is 2.35. The highest BCUT2D eigenvalue weighted by molar-refractivity contribution is 9.09. The van der Waals surface area contributed by atoms with Crippen LogP contribution in [0, 0.1) is 0 Å². The Morgan fingerprint density at radius 3 is 1.64 bits per heavy atom. The van der Waals surface area contributed by atoms with Crippen molar-refractivity contribution >= 4 is 39.2 Å². The molecule has 0 aromatic rings. The quantitative estimate of drug-likeness (QED) is 0.379. The molecular weight excluding hydrogens is 315 g/mol. The van der Waals surface area contributed by atoms with Gasteiger partial charge in [-0.05, 0) is 25.7 Å². The molecule has 0 aliphatic carbocycles. The molecule has 0 aliphatic rings. The SMILES string of the molecule is OB(OCCCCBr)OCCCCBr. The third-order valence-corrected chi connectivity index (χ3v) is 2.70. The van der Waals surface area contributed by atoms with Crippen molar-refractivity contribution in [3.63, 3.8) is 0 Å². The van der Waals surface area contributed by atoms with Crippen molar-refractivity contribution in [1.29, 1.82) is 0 Å². The second-order valence-electron chi connectivity index (χ2n) is 2.84. The Bertz CT molecular complexity index is 107. The summed E-state index contributed by atoms with van der Waals surface area (Å²) in [6.07, 6.45) is 3.98. The highest BCUT2D eigenvalue weighted by Gasteiger charge is 2.14. The van der Waals surface area contributed by atoms with E-state index >= 15 is 0 Å². The Balaban J connectivity index is 3.07. The maximum atomic E-state index is 9.18. The summed E-state index contributed by atoms with van der Waals surface area (Å²) < 4.78 is 10.1. The van der Waals surface area contributed by atoms with Gasteiger partial charge < -0.3 is 14.3 Å². The first-order chi connectivity index (χ1) is 6.81. The molecular formula is C8H17BBr2O3. The Hall–Kier alpha value is 0.905. The molecule has 0 saturated heterocycles. The molecule has 0 rings (SSSR count). The van der Waals surface area contributed by atoms with Gasteiger partial charge in [0.2, 0.25) is 0 Å². The number of rotatable bonds is 10. The van der Waals surface area contributed by atoms with Gasteiger partial charge in [0, 0.05) is 23.9 Å². The molecule has 0 radical (unpaired) electrons. The number of hydrogen-bond acceptors (Lipinski definition) is 3. The predicted molar refractivity (Wildman–Crippen MR) is 65.9 cm³/mol. The van der Waals surface area contributed by atoms with Crippen LogP contribution in [0.1, 0.15) is 25.7 Å². The Morgan fingerprint density at radius 2 is 1.29 bits per heavy atom. The molecule has 0 aliphatic heterocycles. The van der Waals surface area contributed by atoms with Crippen LogP contribution in [0.4, 0.5) is 0 Å². The molecule has 0 atom stereocenters. The van der Waals surface area contributed by atoms with Gasteiger partial charge in [-0.3, -0.25) is 0 Å². The summed E-state index contributed by atoms with van der Waals surface area (Å²) in [6.45, 7) is 1.09. The second kappa shape index (κ2) is 12.0. The van der Waals surface area contributed by atoms with Gasteiger partial charge in [0.1, 0.15) is 0 Å². The molecule has 0 fully saturated rings. The molecule has 0 heterocycles. The zero-order valence-corrected chi connectivity index (χ0v) is 11.4. The molecule has 6 heteroatoms. The lowest BCUT2D eigenvalue weighted by molar-refractivity contribution is 0.130. The van der Waals surface area contributed by atoms with Gasteiger partial charge in [-0.2, -0.15) is 0 Å². The summed E-state index contributed by atoms with van der Waals surface area (Å²) in [5, 5.41) is 11.1. The second-order valence-corrected chi connectivity index (χ2v) is 4.43. The van der Waals surface area contributed by atoms with E-state index in [0.717, 1.165) is 36.3 Å². The van der Waals surface area contributed by atoms with Gasteiger partial charge in [0.05, 0.1) is 0 Å². The molecule has 3 nitrogen and oxygen atoms in total. The number of unbranched alkanes of at least 4 members (excludes halogenated alkanes) is 2. The molecule has 0 amide bonds. The number of halogens is 2. The van der Waals surface area contributed by atoms with Crippen LogP contribution in [0.5, 0.6) is 0 Å². The zero-order chi connectivity index (χ0) is 10.6. The lowest BCUT2D eigenvalue weighted by Crippen LogP contribution is -2.23. The van der Waals surface area contributed by atoms with Crippen LogP contribution in [0.2, 0.25) is 0 Å². The van der Waals surface area contributed by atoms with Crippen molar-refractivity contribution in [3.8, 4) is 0 Å². The number of alkyl halides is 2. The van der Waals surface area contributed by atoms with Gasteiger partial charge in [0.25, 0.3) is 0 Å². The smallest absolute Gasteiger partial charge is 0.402 e. The van der Waals surface area contributed by atoms with E-state index in [0.29, 0.717) is 13.2 Å². The molecule has 1 N–H and O–H groups in total. The highest BCUT2D eigenvalue weighted by atomic mass is 79.9. The Morgan fingerprint density at radius 1 is 0.857 bits per heavy atom. The van der Waals surface area contributed by atoms with Crippen molar-refractivity contribution in [2.24, 2.45) is 0 Å². The van der Waals surface area contributed by atoms with Crippen LogP contribution in [0.25, 0.3) is 0 Å². The van der Waals surface area contributed by atoms with E-state index in [1.54, 1.807) is 0 Å². The van der Waals surface area contributed by atoms with Gasteiger partial charge in [-0.15, -0.1) is 0 Å².